The van der Waals surface area contributed by atoms with Crippen LogP contribution in [-0.2, 0) is 14.3 Å². The van der Waals surface area contributed by atoms with Crippen LogP contribution in [0.5, 0.6) is 0 Å². The lowest BCUT2D eigenvalue weighted by Gasteiger charge is -2.30. The number of rotatable bonds is 6. The Morgan fingerprint density at radius 3 is 2.93 bits per heavy atom. The summed E-state index contributed by atoms with van der Waals surface area (Å²) in [5, 5.41) is 22.7. The Morgan fingerprint density at radius 2 is 2.29 bits per heavy atom. The molecule has 10 heteroatoms. The predicted octanol–water partition coefficient (Wildman–Crippen LogP) is 2.87. The fourth-order valence-electron chi connectivity index (χ4n) is 2.83. The van der Waals surface area contributed by atoms with E-state index < -0.39 is 10.8 Å². The van der Waals surface area contributed by atoms with Gasteiger partial charge >= 0.3 is 5.97 Å². The number of hydrogen-bond donors (Lipinski definition) is 1. The van der Waals surface area contributed by atoms with Gasteiger partial charge in [0, 0.05) is 31.0 Å². The molecule has 0 spiro atoms. The summed E-state index contributed by atoms with van der Waals surface area (Å²) >= 11 is 5.75. The molecule has 1 saturated heterocycles. The third-order valence-corrected chi connectivity index (χ3v) is 4.47. The number of piperidine rings is 1. The first-order valence-electron chi connectivity index (χ1n) is 8.63. The molecule has 1 heterocycles. The molecule has 0 radical (unpaired) electrons. The molecule has 1 aliphatic rings. The molecule has 1 fully saturated rings. The Labute approximate surface area is 166 Å². The third-order valence-electron chi connectivity index (χ3n) is 4.15. The summed E-state index contributed by atoms with van der Waals surface area (Å²) in [6.45, 7) is 2.98. The van der Waals surface area contributed by atoms with E-state index in [1.165, 1.54) is 18.3 Å². The molecular weight excluding hydrogens is 388 g/mol. The summed E-state index contributed by atoms with van der Waals surface area (Å²) in [4.78, 5) is 36.3. The van der Waals surface area contributed by atoms with Gasteiger partial charge in [-0.1, -0.05) is 11.6 Å². The zero-order chi connectivity index (χ0) is 20.7. The fourth-order valence-corrected chi connectivity index (χ4v) is 3.01. The van der Waals surface area contributed by atoms with Gasteiger partial charge in [-0.25, -0.2) is 0 Å². The Kier molecular flexibility index (Phi) is 7.35. The number of nitro groups is 1. The highest BCUT2D eigenvalue weighted by molar-refractivity contribution is 6.32. The molecule has 0 saturated carbocycles. The van der Waals surface area contributed by atoms with Crippen LogP contribution in [0.2, 0.25) is 5.02 Å². The number of carbonyl (C=O) groups is 2. The number of ether oxygens (including phenoxy) is 1. The molecule has 1 amide bonds. The summed E-state index contributed by atoms with van der Waals surface area (Å²) in [7, 11) is 0. The van der Waals surface area contributed by atoms with E-state index in [0.717, 1.165) is 12.5 Å². The van der Waals surface area contributed by atoms with Crippen LogP contribution in [0.1, 0.15) is 19.8 Å². The molecule has 1 aliphatic heterocycles. The lowest BCUT2D eigenvalue weighted by Crippen LogP contribution is -2.37. The van der Waals surface area contributed by atoms with E-state index in [0.29, 0.717) is 26.1 Å². The Hall–Kier alpha value is -3.12. The monoisotopic (exact) mass is 406 g/mol. The van der Waals surface area contributed by atoms with E-state index >= 15 is 0 Å². The van der Waals surface area contributed by atoms with Crippen LogP contribution >= 0.6 is 11.6 Å². The number of likely N-dealkylation sites (tertiary alicyclic amines) is 1. The number of anilines is 1. The molecule has 1 aromatic carbocycles. The Balaban J connectivity index is 2.11. The number of amides is 1. The van der Waals surface area contributed by atoms with Gasteiger partial charge in [-0.2, -0.15) is 5.26 Å². The fraction of sp³-hybridized carbons (Fsp3) is 0.389. The molecule has 9 nitrogen and oxygen atoms in total. The maximum Gasteiger partial charge on any atom is 0.310 e. The summed E-state index contributed by atoms with van der Waals surface area (Å²) < 4.78 is 5.03. The van der Waals surface area contributed by atoms with E-state index in [2.05, 4.69) is 5.32 Å². The van der Waals surface area contributed by atoms with Gasteiger partial charge in [0.2, 0.25) is 0 Å². The van der Waals surface area contributed by atoms with Gasteiger partial charge in [0.1, 0.15) is 16.7 Å². The molecule has 0 bridgehead atoms. The average molecular weight is 407 g/mol. The molecule has 0 aromatic heterocycles. The van der Waals surface area contributed by atoms with Crippen LogP contribution in [0, 0.1) is 27.4 Å². The number of nitrogens with zero attached hydrogens (tertiary/aromatic N) is 3. The van der Waals surface area contributed by atoms with E-state index in [1.807, 2.05) is 6.07 Å². The molecule has 1 atom stereocenters. The zero-order valence-electron chi connectivity index (χ0n) is 15.2. The highest BCUT2D eigenvalue weighted by atomic mass is 35.5. The largest absolute Gasteiger partial charge is 0.466 e. The summed E-state index contributed by atoms with van der Waals surface area (Å²) in [6.07, 6.45) is 2.81. The van der Waals surface area contributed by atoms with Crippen LogP contribution in [0.4, 0.5) is 11.4 Å². The average Bonchev–Trinajstić information content (AvgIpc) is 2.67. The molecular formula is C18H19ClN4O5. The van der Waals surface area contributed by atoms with Crippen LogP contribution in [0.15, 0.2) is 30.0 Å². The number of halogens is 1. The van der Waals surface area contributed by atoms with Crippen molar-refractivity contribution in [3.8, 4) is 6.07 Å². The Bertz CT molecular complexity index is 849. The zero-order valence-corrected chi connectivity index (χ0v) is 15.9. The molecule has 1 aromatic rings. The molecule has 148 valence electrons. The minimum Gasteiger partial charge on any atom is -0.466 e. The van der Waals surface area contributed by atoms with Crippen molar-refractivity contribution >= 4 is 34.9 Å². The number of hydrogen-bond acceptors (Lipinski definition) is 7. The standard InChI is InChI=1S/C18H19ClN4O5/c1-2-28-18(25)12-4-3-7-22(10-12)11-13(9-20)17(24)21-14-5-6-15(19)16(8-14)23(26)27/h5-6,8,11-12H,2-4,7,10H2,1H3,(H,21,24)/b13-11-. The van der Waals surface area contributed by atoms with Crippen LogP contribution in [-0.4, -0.2) is 41.4 Å². The van der Waals surface area contributed by atoms with Gasteiger partial charge in [0.15, 0.2) is 0 Å². The van der Waals surface area contributed by atoms with Gasteiger partial charge in [-0.15, -0.1) is 0 Å². The van der Waals surface area contributed by atoms with Crippen molar-refractivity contribution < 1.29 is 19.2 Å². The van der Waals surface area contributed by atoms with Crippen molar-refractivity contribution in [2.75, 3.05) is 25.0 Å². The van der Waals surface area contributed by atoms with Gasteiger partial charge in [-0.05, 0) is 31.9 Å². The van der Waals surface area contributed by atoms with Gasteiger partial charge in [0.05, 0.1) is 17.4 Å². The normalized spacial score (nSPS) is 16.8. The maximum atomic E-state index is 12.4. The van der Waals surface area contributed by atoms with Crippen LogP contribution < -0.4 is 5.32 Å². The number of nitrogens with one attached hydrogen (secondary N) is 1. The third kappa shape index (κ3) is 5.44. The van der Waals surface area contributed by atoms with E-state index in [4.69, 9.17) is 16.3 Å². The smallest absolute Gasteiger partial charge is 0.310 e. The first-order chi connectivity index (χ1) is 13.3. The van der Waals surface area contributed by atoms with E-state index in [-0.39, 0.29) is 33.9 Å². The highest BCUT2D eigenvalue weighted by Gasteiger charge is 2.26. The molecule has 28 heavy (non-hydrogen) atoms. The van der Waals surface area contributed by atoms with Crippen molar-refractivity contribution in [3.63, 3.8) is 0 Å². The first-order valence-corrected chi connectivity index (χ1v) is 9.01. The SMILES string of the molecule is CCOC(=O)C1CCCN(/C=C(/C#N)C(=O)Nc2ccc(Cl)c([N+](=O)[O-])c2)C1. The Morgan fingerprint density at radius 1 is 1.54 bits per heavy atom. The number of carbonyl (C=O) groups excluding carboxylic acids is 2. The van der Waals surface area contributed by atoms with Crippen molar-refractivity contribution in [1.29, 1.82) is 5.26 Å². The van der Waals surface area contributed by atoms with Crippen LogP contribution in [0.3, 0.4) is 0 Å². The second kappa shape index (κ2) is 9.71. The molecule has 2 rings (SSSR count). The van der Waals surface area contributed by atoms with Gasteiger partial charge in [0.25, 0.3) is 11.6 Å². The number of nitro benzene ring substituents is 1. The lowest BCUT2D eigenvalue weighted by atomic mass is 9.98. The predicted molar refractivity (Wildman–Crippen MR) is 101 cm³/mol. The number of benzene rings is 1. The van der Waals surface area contributed by atoms with Crippen molar-refractivity contribution in [1.82, 2.24) is 4.90 Å². The van der Waals surface area contributed by atoms with Crippen molar-refractivity contribution in [2.45, 2.75) is 19.8 Å². The lowest BCUT2D eigenvalue weighted by molar-refractivity contribution is -0.384. The van der Waals surface area contributed by atoms with Crippen LogP contribution in [0.25, 0.3) is 0 Å². The topological polar surface area (TPSA) is 126 Å². The van der Waals surface area contributed by atoms with E-state index in [9.17, 15) is 25.0 Å². The quantitative estimate of drug-likeness (QED) is 0.253. The second-order valence-corrected chi connectivity index (χ2v) is 6.53. The summed E-state index contributed by atoms with van der Waals surface area (Å²) in [5.74, 6) is -1.32. The minimum atomic E-state index is -0.711. The number of esters is 1. The van der Waals surface area contributed by atoms with Crippen molar-refractivity contribution in [2.24, 2.45) is 5.92 Å². The molecule has 1 unspecified atom stereocenters. The van der Waals surface area contributed by atoms with Crippen molar-refractivity contribution in [3.05, 3.63) is 45.1 Å². The summed E-state index contributed by atoms with van der Waals surface area (Å²) in [6, 6.07) is 5.63. The van der Waals surface area contributed by atoms with Gasteiger partial charge in [-0.3, -0.25) is 19.7 Å². The van der Waals surface area contributed by atoms with E-state index in [1.54, 1.807) is 11.8 Å². The summed E-state index contributed by atoms with van der Waals surface area (Å²) in [5.41, 5.74) is -0.386. The first kappa shape index (κ1) is 21.2. The molecule has 0 aliphatic carbocycles. The van der Waals surface area contributed by atoms with Gasteiger partial charge < -0.3 is 15.0 Å². The second-order valence-electron chi connectivity index (χ2n) is 6.12. The maximum absolute atomic E-state index is 12.4. The molecule has 1 N–H and O–H groups in total. The number of nitriles is 1. The minimum absolute atomic E-state index is 0.0580. The highest BCUT2D eigenvalue weighted by Crippen LogP contribution is 2.27.